The Morgan fingerprint density at radius 1 is 1.33 bits per heavy atom. The van der Waals surface area contributed by atoms with E-state index in [0.29, 0.717) is 5.95 Å². The summed E-state index contributed by atoms with van der Waals surface area (Å²) in [6.45, 7) is -2.86. The average Bonchev–Trinajstić information content (AvgIpc) is 2.31. The molecule has 100 valence electrons. The lowest BCUT2D eigenvalue weighted by Gasteiger charge is -2.27. The molecule has 1 aromatic heterocycles. The minimum absolute atomic E-state index is 0.0455. The Kier molecular flexibility index (Phi) is 4.24. The number of hydrogen-bond acceptors (Lipinski definition) is 5. The monoisotopic (exact) mass is 258 g/mol. The van der Waals surface area contributed by atoms with Crippen molar-refractivity contribution in [3.05, 3.63) is 12.4 Å². The van der Waals surface area contributed by atoms with E-state index in [1.54, 1.807) is 0 Å². The minimum Gasteiger partial charge on any atom is -0.432 e. The van der Waals surface area contributed by atoms with Gasteiger partial charge in [0.15, 0.2) is 5.75 Å². The first-order valence-corrected chi connectivity index (χ1v) is 5.92. The molecule has 1 saturated carbocycles. The molecule has 3 N–H and O–H groups in total. The largest absolute Gasteiger partial charge is 0.432 e. The number of aromatic nitrogens is 2. The summed E-state index contributed by atoms with van der Waals surface area (Å²) in [7, 11) is 0. The van der Waals surface area contributed by atoms with Gasteiger partial charge >= 0.3 is 6.61 Å². The summed E-state index contributed by atoms with van der Waals surface area (Å²) in [5.74, 6) is 0.367. The van der Waals surface area contributed by atoms with E-state index >= 15 is 0 Å². The quantitative estimate of drug-likeness (QED) is 0.861. The molecule has 0 spiro atoms. The van der Waals surface area contributed by atoms with Crippen molar-refractivity contribution in [2.45, 2.75) is 44.4 Å². The van der Waals surface area contributed by atoms with E-state index in [9.17, 15) is 8.78 Å². The molecule has 2 atom stereocenters. The topological polar surface area (TPSA) is 73.1 Å². The number of rotatable bonds is 4. The van der Waals surface area contributed by atoms with Crippen molar-refractivity contribution in [2.75, 3.05) is 5.32 Å². The molecule has 18 heavy (non-hydrogen) atoms. The third-order valence-corrected chi connectivity index (χ3v) is 2.90. The third kappa shape index (κ3) is 3.76. The first-order valence-electron chi connectivity index (χ1n) is 5.92. The van der Waals surface area contributed by atoms with Gasteiger partial charge in [-0.15, -0.1) is 0 Å². The molecular formula is C11H16F2N4O. The molecule has 1 aromatic rings. The average molecular weight is 258 g/mol. The van der Waals surface area contributed by atoms with Crippen LogP contribution in [0.2, 0.25) is 0 Å². The molecular weight excluding hydrogens is 242 g/mol. The van der Waals surface area contributed by atoms with Crippen LogP contribution in [0.1, 0.15) is 25.7 Å². The van der Waals surface area contributed by atoms with Crippen LogP contribution < -0.4 is 15.8 Å². The lowest BCUT2D eigenvalue weighted by molar-refractivity contribution is -0.0503. The fourth-order valence-electron chi connectivity index (χ4n) is 2.10. The lowest BCUT2D eigenvalue weighted by atomic mass is 9.92. The van der Waals surface area contributed by atoms with Gasteiger partial charge < -0.3 is 15.8 Å². The summed E-state index contributed by atoms with van der Waals surface area (Å²) >= 11 is 0. The van der Waals surface area contributed by atoms with Gasteiger partial charge in [0.05, 0.1) is 12.4 Å². The highest BCUT2D eigenvalue weighted by Gasteiger charge is 2.19. The molecule has 2 rings (SSSR count). The van der Waals surface area contributed by atoms with E-state index in [4.69, 9.17) is 5.73 Å². The van der Waals surface area contributed by atoms with E-state index in [2.05, 4.69) is 20.0 Å². The van der Waals surface area contributed by atoms with Crippen molar-refractivity contribution >= 4 is 5.95 Å². The minimum atomic E-state index is -2.86. The predicted molar refractivity (Wildman–Crippen MR) is 62.5 cm³/mol. The molecule has 0 aromatic carbocycles. The van der Waals surface area contributed by atoms with E-state index in [-0.39, 0.29) is 17.8 Å². The Labute approximate surface area is 104 Å². The normalized spacial score (nSPS) is 24.0. The number of halogens is 2. The molecule has 0 saturated heterocycles. The van der Waals surface area contributed by atoms with Crippen LogP contribution in [-0.4, -0.2) is 28.7 Å². The maximum atomic E-state index is 11.9. The van der Waals surface area contributed by atoms with Gasteiger partial charge in [-0.1, -0.05) is 0 Å². The zero-order valence-electron chi connectivity index (χ0n) is 9.85. The van der Waals surface area contributed by atoms with Crippen LogP contribution in [0.15, 0.2) is 12.4 Å². The van der Waals surface area contributed by atoms with Crippen LogP contribution in [0.25, 0.3) is 0 Å². The second-order valence-electron chi connectivity index (χ2n) is 4.39. The number of nitrogens with one attached hydrogen (secondary N) is 1. The van der Waals surface area contributed by atoms with Crippen molar-refractivity contribution in [1.82, 2.24) is 9.97 Å². The zero-order chi connectivity index (χ0) is 13.0. The van der Waals surface area contributed by atoms with Crippen molar-refractivity contribution in [1.29, 1.82) is 0 Å². The zero-order valence-corrected chi connectivity index (χ0v) is 9.85. The van der Waals surface area contributed by atoms with E-state index in [1.165, 1.54) is 12.4 Å². The summed E-state index contributed by atoms with van der Waals surface area (Å²) in [6.07, 6.45) is 6.46. The van der Waals surface area contributed by atoms with E-state index in [1.807, 2.05) is 0 Å². The second kappa shape index (κ2) is 5.90. The van der Waals surface area contributed by atoms with E-state index < -0.39 is 6.61 Å². The van der Waals surface area contributed by atoms with Crippen LogP contribution in [0.5, 0.6) is 5.75 Å². The maximum absolute atomic E-state index is 11.9. The van der Waals surface area contributed by atoms with Crippen LogP contribution >= 0.6 is 0 Å². The van der Waals surface area contributed by atoms with Gasteiger partial charge in [-0.2, -0.15) is 8.78 Å². The predicted octanol–water partition coefficient (Wildman–Crippen LogP) is 1.76. The van der Waals surface area contributed by atoms with Crippen LogP contribution in [0.4, 0.5) is 14.7 Å². The summed E-state index contributed by atoms with van der Waals surface area (Å²) < 4.78 is 28.0. The van der Waals surface area contributed by atoms with Crippen LogP contribution in [-0.2, 0) is 0 Å². The fourth-order valence-corrected chi connectivity index (χ4v) is 2.10. The Balaban J connectivity index is 1.89. The summed E-state index contributed by atoms with van der Waals surface area (Å²) in [6, 6.07) is 0.452. The van der Waals surface area contributed by atoms with Crippen molar-refractivity contribution < 1.29 is 13.5 Å². The Hall–Kier alpha value is -1.50. The molecule has 0 amide bonds. The number of alkyl halides is 2. The molecule has 7 heteroatoms. The van der Waals surface area contributed by atoms with E-state index in [0.717, 1.165) is 25.7 Å². The van der Waals surface area contributed by atoms with Gasteiger partial charge in [0.1, 0.15) is 0 Å². The molecule has 0 aliphatic heterocycles. The summed E-state index contributed by atoms with van der Waals surface area (Å²) in [4.78, 5) is 7.86. The molecule has 1 aliphatic carbocycles. The highest BCUT2D eigenvalue weighted by molar-refractivity contribution is 5.28. The molecule has 0 bridgehead atoms. The molecule has 1 aliphatic rings. The van der Waals surface area contributed by atoms with Crippen LogP contribution in [0.3, 0.4) is 0 Å². The van der Waals surface area contributed by atoms with Gasteiger partial charge in [-0.05, 0) is 25.7 Å². The van der Waals surface area contributed by atoms with Gasteiger partial charge in [0.2, 0.25) is 5.95 Å². The maximum Gasteiger partial charge on any atom is 0.387 e. The van der Waals surface area contributed by atoms with Crippen LogP contribution in [0, 0.1) is 0 Å². The van der Waals surface area contributed by atoms with Crippen molar-refractivity contribution in [3.63, 3.8) is 0 Å². The van der Waals surface area contributed by atoms with Gasteiger partial charge in [0.25, 0.3) is 0 Å². The van der Waals surface area contributed by atoms with Gasteiger partial charge in [0, 0.05) is 12.1 Å². The Bertz CT molecular complexity index is 374. The molecule has 0 unspecified atom stereocenters. The highest BCUT2D eigenvalue weighted by atomic mass is 19.3. The molecule has 1 heterocycles. The molecule has 1 fully saturated rings. The Morgan fingerprint density at radius 2 is 2.06 bits per heavy atom. The third-order valence-electron chi connectivity index (χ3n) is 2.90. The number of nitrogens with two attached hydrogens (primary N) is 1. The second-order valence-corrected chi connectivity index (χ2v) is 4.39. The van der Waals surface area contributed by atoms with Crippen molar-refractivity contribution in [2.24, 2.45) is 5.73 Å². The molecule has 0 radical (unpaired) electrons. The van der Waals surface area contributed by atoms with Crippen molar-refractivity contribution in [3.8, 4) is 5.75 Å². The lowest BCUT2D eigenvalue weighted by Crippen LogP contribution is -2.35. The SMILES string of the molecule is N[C@H]1CCC[C@H](Nc2ncc(OC(F)F)cn2)C1. The number of nitrogens with zero attached hydrogens (tertiary/aromatic N) is 2. The highest BCUT2D eigenvalue weighted by Crippen LogP contribution is 2.20. The fraction of sp³-hybridized carbons (Fsp3) is 0.636. The number of ether oxygens (including phenoxy) is 1. The smallest absolute Gasteiger partial charge is 0.387 e. The number of hydrogen-bond donors (Lipinski definition) is 2. The first-order chi connectivity index (χ1) is 8.63. The summed E-state index contributed by atoms with van der Waals surface area (Å²) in [5.41, 5.74) is 5.87. The Morgan fingerprint density at radius 3 is 2.67 bits per heavy atom. The standard InChI is InChI=1S/C11H16F2N4O/c12-10(13)18-9-5-15-11(16-6-9)17-8-3-1-2-7(14)4-8/h5-8,10H,1-4,14H2,(H,15,16,17)/t7-,8-/m0/s1. The summed E-state index contributed by atoms with van der Waals surface area (Å²) in [5, 5.41) is 3.15. The van der Waals surface area contributed by atoms with Gasteiger partial charge in [-0.25, -0.2) is 9.97 Å². The molecule has 5 nitrogen and oxygen atoms in total. The van der Waals surface area contributed by atoms with Gasteiger partial charge in [-0.3, -0.25) is 0 Å². The first kappa shape index (κ1) is 12.9. The number of anilines is 1.